The van der Waals surface area contributed by atoms with Crippen molar-refractivity contribution in [1.29, 1.82) is 0 Å². The fourth-order valence-corrected chi connectivity index (χ4v) is 1.64. The van der Waals surface area contributed by atoms with Crippen LogP contribution in [0.3, 0.4) is 0 Å². The van der Waals surface area contributed by atoms with Gasteiger partial charge < -0.3 is 15.2 Å². The number of carbonyl (C=O) groups is 1. The largest absolute Gasteiger partial charge is 0.497 e. The van der Waals surface area contributed by atoms with Gasteiger partial charge in [0.2, 0.25) is 5.82 Å². The van der Waals surface area contributed by atoms with Crippen molar-refractivity contribution in [3.8, 4) is 22.8 Å². The average Bonchev–Trinajstić information content (AvgIpc) is 2.46. The summed E-state index contributed by atoms with van der Waals surface area (Å²) in [7, 11) is 3.13. The molecule has 6 heteroatoms. The number of primary amides is 1. The molecule has 0 saturated carbocycles. The summed E-state index contributed by atoms with van der Waals surface area (Å²) in [5.41, 5.74) is 6.41. The van der Waals surface area contributed by atoms with E-state index in [0.29, 0.717) is 22.8 Å². The number of aromatic nitrogens is 2. The molecule has 0 unspecified atom stereocenters. The van der Waals surface area contributed by atoms with Gasteiger partial charge in [0.05, 0.1) is 19.9 Å². The van der Waals surface area contributed by atoms with Gasteiger partial charge in [-0.15, -0.1) is 0 Å². The van der Waals surface area contributed by atoms with Crippen molar-refractivity contribution >= 4 is 5.91 Å². The molecule has 0 aliphatic carbocycles. The molecule has 6 nitrogen and oxygen atoms in total. The Labute approximate surface area is 110 Å². The van der Waals surface area contributed by atoms with Gasteiger partial charge in [0.15, 0.2) is 0 Å². The second kappa shape index (κ2) is 5.34. The molecule has 98 valence electrons. The van der Waals surface area contributed by atoms with Crippen molar-refractivity contribution < 1.29 is 14.3 Å². The van der Waals surface area contributed by atoms with Gasteiger partial charge in [-0.1, -0.05) is 0 Å². The highest BCUT2D eigenvalue weighted by atomic mass is 16.5. The molecule has 0 radical (unpaired) electrons. The van der Waals surface area contributed by atoms with E-state index < -0.39 is 5.91 Å². The monoisotopic (exact) mass is 259 g/mol. The van der Waals surface area contributed by atoms with E-state index in [1.54, 1.807) is 38.5 Å². The minimum Gasteiger partial charge on any atom is -0.497 e. The molecule has 0 aliphatic rings. The summed E-state index contributed by atoms with van der Waals surface area (Å²) in [4.78, 5) is 19.0. The summed E-state index contributed by atoms with van der Waals surface area (Å²) in [5, 5.41) is 0. The first-order valence-corrected chi connectivity index (χ1v) is 5.51. The fourth-order valence-electron chi connectivity index (χ4n) is 1.64. The van der Waals surface area contributed by atoms with Crippen LogP contribution in [0.15, 0.2) is 30.5 Å². The highest BCUT2D eigenvalue weighted by Gasteiger charge is 2.11. The number of carbonyl (C=O) groups excluding carboxylic acids is 1. The van der Waals surface area contributed by atoms with Crippen LogP contribution in [0.4, 0.5) is 0 Å². The van der Waals surface area contributed by atoms with Crippen LogP contribution in [-0.2, 0) is 0 Å². The average molecular weight is 259 g/mol. The fraction of sp³-hybridized carbons (Fsp3) is 0.154. The van der Waals surface area contributed by atoms with E-state index >= 15 is 0 Å². The minimum atomic E-state index is -0.677. The summed E-state index contributed by atoms with van der Waals surface area (Å²) in [5.74, 6) is 0.566. The van der Waals surface area contributed by atoms with Crippen LogP contribution < -0.4 is 15.2 Å². The third-order valence-corrected chi connectivity index (χ3v) is 2.56. The van der Waals surface area contributed by atoms with Crippen molar-refractivity contribution in [2.45, 2.75) is 0 Å². The van der Waals surface area contributed by atoms with Crippen molar-refractivity contribution in [2.75, 3.05) is 14.2 Å². The first-order chi connectivity index (χ1) is 9.15. The van der Waals surface area contributed by atoms with E-state index in [1.807, 2.05) is 0 Å². The molecule has 0 fully saturated rings. The Kier molecular flexibility index (Phi) is 3.61. The number of benzene rings is 1. The van der Waals surface area contributed by atoms with Crippen LogP contribution in [0.25, 0.3) is 11.3 Å². The smallest absolute Gasteiger partial charge is 0.286 e. The Morgan fingerprint density at radius 1 is 1.21 bits per heavy atom. The van der Waals surface area contributed by atoms with E-state index in [0.717, 1.165) is 0 Å². The number of methoxy groups -OCH3 is 2. The third-order valence-electron chi connectivity index (χ3n) is 2.56. The maximum atomic E-state index is 11.1. The van der Waals surface area contributed by atoms with E-state index in [4.69, 9.17) is 15.2 Å². The van der Waals surface area contributed by atoms with E-state index in [1.165, 1.54) is 6.20 Å². The molecular weight excluding hydrogens is 246 g/mol. The predicted octanol–water partition coefficient (Wildman–Crippen LogP) is 1.26. The van der Waals surface area contributed by atoms with Crippen LogP contribution in [0.2, 0.25) is 0 Å². The first kappa shape index (κ1) is 12.8. The summed E-state index contributed by atoms with van der Waals surface area (Å²) in [6.45, 7) is 0. The molecule has 1 amide bonds. The lowest BCUT2D eigenvalue weighted by Crippen LogP contribution is -2.15. The molecule has 0 spiro atoms. The van der Waals surface area contributed by atoms with E-state index in [9.17, 15) is 4.79 Å². The molecule has 1 aromatic carbocycles. The van der Waals surface area contributed by atoms with Gasteiger partial charge in [0.1, 0.15) is 11.5 Å². The topological polar surface area (TPSA) is 87.3 Å². The van der Waals surface area contributed by atoms with Gasteiger partial charge in [0, 0.05) is 11.8 Å². The summed E-state index contributed by atoms with van der Waals surface area (Å²) >= 11 is 0. The zero-order valence-electron chi connectivity index (χ0n) is 10.6. The predicted molar refractivity (Wildman–Crippen MR) is 69.1 cm³/mol. The number of nitrogens with zero attached hydrogens (tertiary/aromatic N) is 2. The number of amides is 1. The molecule has 1 aromatic heterocycles. The highest BCUT2D eigenvalue weighted by molar-refractivity contribution is 5.89. The van der Waals surface area contributed by atoms with Gasteiger partial charge in [-0.3, -0.25) is 4.79 Å². The molecular formula is C13H13N3O3. The Morgan fingerprint density at radius 2 is 2.00 bits per heavy atom. The zero-order valence-corrected chi connectivity index (χ0v) is 10.6. The Balaban J connectivity index is 2.56. The number of hydrogen-bond donors (Lipinski definition) is 1. The van der Waals surface area contributed by atoms with Crippen molar-refractivity contribution in [1.82, 2.24) is 9.97 Å². The Morgan fingerprint density at radius 3 is 2.63 bits per heavy atom. The Bertz CT molecular complexity index is 614. The molecule has 19 heavy (non-hydrogen) atoms. The van der Waals surface area contributed by atoms with Gasteiger partial charge in [0.25, 0.3) is 5.91 Å². The SMILES string of the molecule is COc1ccc(OC)c(-c2ccnc(C(N)=O)n2)c1. The normalized spacial score (nSPS) is 10.0. The molecule has 2 rings (SSSR count). The van der Waals surface area contributed by atoms with Crippen molar-refractivity contribution in [3.63, 3.8) is 0 Å². The second-order valence-corrected chi connectivity index (χ2v) is 3.70. The van der Waals surface area contributed by atoms with Crippen molar-refractivity contribution in [3.05, 3.63) is 36.3 Å². The lowest BCUT2D eigenvalue weighted by atomic mass is 10.1. The van der Waals surface area contributed by atoms with Crippen LogP contribution in [0.1, 0.15) is 10.6 Å². The third kappa shape index (κ3) is 2.62. The first-order valence-electron chi connectivity index (χ1n) is 5.51. The number of hydrogen-bond acceptors (Lipinski definition) is 5. The van der Waals surface area contributed by atoms with E-state index in [-0.39, 0.29) is 5.82 Å². The van der Waals surface area contributed by atoms with E-state index in [2.05, 4.69) is 9.97 Å². The number of nitrogens with two attached hydrogens (primary N) is 1. The van der Waals surface area contributed by atoms with Crippen molar-refractivity contribution in [2.24, 2.45) is 5.73 Å². The number of ether oxygens (including phenoxy) is 2. The van der Waals surface area contributed by atoms with Crippen LogP contribution in [-0.4, -0.2) is 30.1 Å². The van der Waals surface area contributed by atoms with Crippen LogP contribution in [0, 0.1) is 0 Å². The summed E-state index contributed by atoms with van der Waals surface area (Å²) < 4.78 is 10.4. The number of rotatable bonds is 4. The molecule has 2 N–H and O–H groups in total. The Hall–Kier alpha value is -2.63. The summed E-state index contributed by atoms with van der Waals surface area (Å²) in [6, 6.07) is 6.98. The van der Waals surface area contributed by atoms with Crippen LogP contribution in [0.5, 0.6) is 11.5 Å². The quantitative estimate of drug-likeness (QED) is 0.893. The van der Waals surface area contributed by atoms with Crippen LogP contribution >= 0.6 is 0 Å². The zero-order chi connectivity index (χ0) is 13.8. The maximum Gasteiger partial charge on any atom is 0.286 e. The van der Waals surface area contributed by atoms with Gasteiger partial charge in [-0.25, -0.2) is 9.97 Å². The standard InChI is InChI=1S/C13H13N3O3/c1-18-8-3-4-11(19-2)9(7-8)10-5-6-15-13(16-10)12(14)17/h3-7H,1-2H3,(H2,14,17). The maximum absolute atomic E-state index is 11.1. The highest BCUT2D eigenvalue weighted by Crippen LogP contribution is 2.31. The van der Waals surface area contributed by atoms with Gasteiger partial charge >= 0.3 is 0 Å². The lowest BCUT2D eigenvalue weighted by molar-refractivity contribution is 0.0990. The molecule has 0 saturated heterocycles. The minimum absolute atomic E-state index is 0.0395. The molecule has 0 aliphatic heterocycles. The summed E-state index contributed by atoms with van der Waals surface area (Å²) in [6.07, 6.45) is 1.47. The lowest BCUT2D eigenvalue weighted by Gasteiger charge is -2.10. The van der Waals surface area contributed by atoms with Gasteiger partial charge in [-0.05, 0) is 24.3 Å². The second-order valence-electron chi connectivity index (χ2n) is 3.70. The molecule has 1 heterocycles. The molecule has 0 atom stereocenters. The molecule has 0 bridgehead atoms. The van der Waals surface area contributed by atoms with Gasteiger partial charge in [-0.2, -0.15) is 0 Å². The molecule has 2 aromatic rings.